The molecule has 1 aromatic carbocycles. The van der Waals surface area contributed by atoms with Gasteiger partial charge >= 0.3 is 5.97 Å². The molecule has 1 aliphatic carbocycles. The molecule has 2 heterocycles. The molecule has 1 aromatic heterocycles. The summed E-state index contributed by atoms with van der Waals surface area (Å²) in [6, 6.07) is 10.3. The minimum Gasteiger partial charge on any atom is -0.480 e. The second-order valence-electron chi connectivity index (χ2n) is 9.94. The predicted molar refractivity (Wildman–Crippen MR) is 132 cm³/mol. The first kappa shape index (κ1) is 25.4. The van der Waals surface area contributed by atoms with Crippen molar-refractivity contribution in [3.8, 4) is 11.3 Å². The molecule has 186 valence electrons. The van der Waals surface area contributed by atoms with Gasteiger partial charge in [0.2, 0.25) is 0 Å². The minimum atomic E-state index is -0.905. The lowest BCUT2D eigenvalue weighted by atomic mass is 9.82. The summed E-state index contributed by atoms with van der Waals surface area (Å²) in [5, 5.41) is 13.8. The van der Waals surface area contributed by atoms with Crippen molar-refractivity contribution in [2.75, 3.05) is 19.8 Å². The van der Waals surface area contributed by atoms with E-state index in [1.54, 1.807) is 0 Å². The van der Waals surface area contributed by atoms with Gasteiger partial charge in [-0.3, -0.25) is 4.68 Å². The molecule has 0 amide bonds. The summed E-state index contributed by atoms with van der Waals surface area (Å²) in [5.41, 5.74) is 3.30. The van der Waals surface area contributed by atoms with Crippen LogP contribution in [0.3, 0.4) is 0 Å². The molecule has 0 spiro atoms. The number of halogens is 1. The quantitative estimate of drug-likeness (QED) is 0.445. The number of ether oxygens (including phenoxy) is 3. The Kier molecular flexibility index (Phi) is 8.45. The molecule has 0 unspecified atom stereocenters. The Bertz CT molecular complexity index is 954. The molecule has 1 atom stereocenters. The lowest BCUT2D eigenvalue weighted by Crippen LogP contribution is -2.24. The van der Waals surface area contributed by atoms with Crippen LogP contribution < -0.4 is 0 Å². The van der Waals surface area contributed by atoms with Gasteiger partial charge in [0.1, 0.15) is 12.3 Å². The maximum Gasteiger partial charge on any atom is 0.329 e. The summed E-state index contributed by atoms with van der Waals surface area (Å²) < 4.78 is 20.4. The molecule has 1 aliphatic heterocycles. The maximum atomic E-state index is 10.7. The third-order valence-electron chi connectivity index (χ3n) is 6.79. The zero-order valence-electron chi connectivity index (χ0n) is 20.0. The standard InChI is InChI=1S/C26H35BrN2O5/c1-26(2)33-16-21(34-26)12-13-22-24(27)25(20-6-4-3-5-7-20)28-29(22)14-18-8-10-19(11-9-18)15-32-17-23(30)31/h3-7,18-19,21H,8-17H2,1-2H3,(H,30,31)/t18?,19?,21-/m1/s1. The van der Waals surface area contributed by atoms with Gasteiger partial charge in [-0.1, -0.05) is 30.3 Å². The van der Waals surface area contributed by atoms with Crippen LogP contribution in [0.25, 0.3) is 11.3 Å². The molecule has 2 fully saturated rings. The first-order chi connectivity index (χ1) is 16.3. The molecule has 34 heavy (non-hydrogen) atoms. The van der Waals surface area contributed by atoms with Crippen molar-refractivity contribution in [2.45, 2.75) is 70.8 Å². The van der Waals surface area contributed by atoms with Gasteiger partial charge in [-0.2, -0.15) is 5.10 Å². The van der Waals surface area contributed by atoms with E-state index in [1.165, 1.54) is 5.69 Å². The van der Waals surface area contributed by atoms with E-state index in [0.717, 1.165) is 60.8 Å². The number of carboxylic acids is 1. The van der Waals surface area contributed by atoms with Crippen molar-refractivity contribution in [1.29, 1.82) is 0 Å². The van der Waals surface area contributed by atoms with Gasteiger partial charge in [-0.15, -0.1) is 0 Å². The Labute approximate surface area is 209 Å². The first-order valence-electron chi connectivity index (χ1n) is 12.2. The molecule has 8 heteroatoms. The van der Waals surface area contributed by atoms with Crippen LogP contribution >= 0.6 is 15.9 Å². The summed E-state index contributed by atoms with van der Waals surface area (Å²) >= 11 is 3.87. The van der Waals surface area contributed by atoms with E-state index in [-0.39, 0.29) is 12.7 Å². The highest BCUT2D eigenvalue weighted by Crippen LogP contribution is 2.35. The number of aliphatic carboxylic acids is 1. The van der Waals surface area contributed by atoms with Crippen LogP contribution in [0.5, 0.6) is 0 Å². The van der Waals surface area contributed by atoms with E-state index in [0.29, 0.717) is 25.0 Å². The van der Waals surface area contributed by atoms with E-state index in [1.807, 2.05) is 32.0 Å². The molecule has 7 nitrogen and oxygen atoms in total. The van der Waals surface area contributed by atoms with Crippen molar-refractivity contribution in [1.82, 2.24) is 9.78 Å². The van der Waals surface area contributed by atoms with Crippen LogP contribution in [-0.4, -0.2) is 52.6 Å². The molecule has 2 aromatic rings. The zero-order chi connectivity index (χ0) is 24.1. The molecule has 1 N–H and O–H groups in total. The number of rotatable bonds is 10. The molecule has 2 aliphatic rings. The van der Waals surface area contributed by atoms with Gasteiger partial charge in [0, 0.05) is 12.1 Å². The van der Waals surface area contributed by atoms with Crippen molar-refractivity contribution in [3.63, 3.8) is 0 Å². The average molecular weight is 535 g/mol. The summed E-state index contributed by atoms with van der Waals surface area (Å²) in [7, 11) is 0. The number of benzene rings is 1. The van der Waals surface area contributed by atoms with Gasteiger partial charge in [-0.05, 0) is 80.1 Å². The molecule has 0 bridgehead atoms. The van der Waals surface area contributed by atoms with Crippen molar-refractivity contribution in [2.24, 2.45) is 11.8 Å². The number of nitrogens with zero attached hydrogens (tertiary/aromatic N) is 2. The second kappa shape index (κ2) is 11.3. The van der Waals surface area contributed by atoms with Crippen LogP contribution in [0.1, 0.15) is 51.6 Å². The Morgan fingerprint density at radius 2 is 1.91 bits per heavy atom. The van der Waals surface area contributed by atoms with E-state index in [9.17, 15) is 4.79 Å². The van der Waals surface area contributed by atoms with E-state index >= 15 is 0 Å². The third-order valence-corrected chi connectivity index (χ3v) is 7.62. The summed E-state index contributed by atoms with van der Waals surface area (Å²) in [4.78, 5) is 10.7. The van der Waals surface area contributed by atoms with E-state index < -0.39 is 11.8 Å². The third kappa shape index (κ3) is 6.68. The zero-order valence-corrected chi connectivity index (χ0v) is 21.6. The van der Waals surface area contributed by atoms with Crippen LogP contribution in [-0.2, 0) is 32.0 Å². The van der Waals surface area contributed by atoms with E-state index in [4.69, 9.17) is 24.4 Å². The lowest BCUT2D eigenvalue weighted by Gasteiger charge is -2.28. The Hall–Kier alpha value is -1.74. The maximum absolute atomic E-state index is 10.7. The second-order valence-corrected chi connectivity index (χ2v) is 10.7. The molecule has 1 saturated heterocycles. The minimum absolute atomic E-state index is 0.0895. The van der Waals surface area contributed by atoms with Gasteiger partial charge in [-0.25, -0.2) is 4.79 Å². The number of hydrogen-bond acceptors (Lipinski definition) is 5. The fraction of sp³-hybridized carbons (Fsp3) is 0.615. The van der Waals surface area contributed by atoms with Gasteiger partial charge in [0.25, 0.3) is 0 Å². The lowest BCUT2D eigenvalue weighted by molar-refractivity contribution is -0.143. The Morgan fingerprint density at radius 1 is 1.21 bits per heavy atom. The Morgan fingerprint density at radius 3 is 2.56 bits per heavy atom. The molecule has 1 saturated carbocycles. The number of carbonyl (C=O) groups is 1. The monoisotopic (exact) mass is 534 g/mol. The topological polar surface area (TPSA) is 82.8 Å². The number of carboxylic acid groups (broad SMARTS) is 1. The van der Waals surface area contributed by atoms with Crippen molar-refractivity contribution < 1.29 is 24.1 Å². The van der Waals surface area contributed by atoms with Gasteiger partial charge < -0.3 is 19.3 Å². The SMILES string of the molecule is CC1(C)OC[C@@H](CCc2c(Br)c(-c3ccccc3)nn2CC2CCC(COCC(=O)O)CC2)O1. The summed E-state index contributed by atoms with van der Waals surface area (Å²) in [6.07, 6.45) is 6.18. The molecular formula is C26H35BrN2O5. The first-order valence-corrected chi connectivity index (χ1v) is 13.0. The summed E-state index contributed by atoms with van der Waals surface area (Å²) in [5.74, 6) is -0.417. The number of hydrogen-bond donors (Lipinski definition) is 1. The fourth-order valence-corrected chi connectivity index (χ4v) is 5.70. The van der Waals surface area contributed by atoms with E-state index in [2.05, 4.69) is 32.7 Å². The smallest absolute Gasteiger partial charge is 0.329 e. The van der Waals surface area contributed by atoms with Crippen LogP contribution in [0.4, 0.5) is 0 Å². The predicted octanol–water partition coefficient (Wildman–Crippen LogP) is 5.30. The highest BCUT2D eigenvalue weighted by Gasteiger charge is 2.33. The highest BCUT2D eigenvalue weighted by molar-refractivity contribution is 9.10. The van der Waals surface area contributed by atoms with Crippen LogP contribution in [0.15, 0.2) is 34.8 Å². The average Bonchev–Trinajstić information content (AvgIpc) is 3.32. The van der Waals surface area contributed by atoms with Gasteiger partial charge in [0.05, 0.1) is 29.5 Å². The van der Waals surface area contributed by atoms with Crippen LogP contribution in [0.2, 0.25) is 0 Å². The molecule has 0 radical (unpaired) electrons. The summed E-state index contributed by atoms with van der Waals surface area (Å²) in [6.45, 7) is 5.76. The van der Waals surface area contributed by atoms with Crippen LogP contribution in [0, 0.1) is 11.8 Å². The normalized spacial score (nSPS) is 24.4. The largest absolute Gasteiger partial charge is 0.480 e. The fourth-order valence-electron chi connectivity index (χ4n) is 4.99. The number of aromatic nitrogens is 2. The van der Waals surface area contributed by atoms with Crippen molar-refractivity contribution >= 4 is 21.9 Å². The molecular weight excluding hydrogens is 500 g/mol. The van der Waals surface area contributed by atoms with Crippen molar-refractivity contribution in [3.05, 3.63) is 40.5 Å². The highest BCUT2D eigenvalue weighted by atomic mass is 79.9. The Balaban J connectivity index is 1.42. The van der Waals surface area contributed by atoms with Gasteiger partial charge in [0.15, 0.2) is 5.79 Å². The molecule has 4 rings (SSSR count).